The molecule has 1 aliphatic carbocycles. The highest BCUT2D eigenvalue weighted by Crippen LogP contribution is 2.43. The van der Waals surface area contributed by atoms with Crippen LogP contribution in [0.2, 0.25) is 0 Å². The topological polar surface area (TPSA) is 50.8 Å². The van der Waals surface area contributed by atoms with Gasteiger partial charge in [-0.05, 0) is 43.6 Å². The Balaban J connectivity index is 1.77. The third kappa shape index (κ3) is 3.79. The molecule has 0 bridgehead atoms. The van der Waals surface area contributed by atoms with E-state index in [0.29, 0.717) is 29.6 Å². The first-order valence-electron chi connectivity index (χ1n) is 10.3. The Hall–Kier alpha value is -2.86. The molecule has 0 saturated heterocycles. The van der Waals surface area contributed by atoms with E-state index >= 15 is 0 Å². The van der Waals surface area contributed by atoms with Crippen LogP contribution in [0.25, 0.3) is 0 Å². The molecule has 0 amide bonds. The molecule has 6 heteroatoms. The van der Waals surface area contributed by atoms with Crippen LogP contribution < -0.4 is 14.8 Å². The van der Waals surface area contributed by atoms with Gasteiger partial charge in [-0.1, -0.05) is 42.5 Å². The average molecular weight is 423 g/mol. The van der Waals surface area contributed by atoms with Gasteiger partial charge in [-0.3, -0.25) is 4.79 Å². The van der Waals surface area contributed by atoms with Crippen LogP contribution in [0.3, 0.4) is 0 Å². The fourth-order valence-electron chi connectivity index (χ4n) is 4.22. The summed E-state index contributed by atoms with van der Waals surface area (Å²) in [6.07, 6.45) is 2.28. The number of Topliss-reactive ketones (excluding diaryl/α,β-unsaturated/α-hetero) is 1. The summed E-state index contributed by atoms with van der Waals surface area (Å²) in [6, 6.07) is 15.4. The molecule has 1 atom stereocenters. The van der Waals surface area contributed by atoms with Crippen LogP contribution in [0.1, 0.15) is 43.4 Å². The summed E-state index contributed by atoms with van der Waals surface area (Å²) in [4.78, 5) is 15.0. The van der Waals surface area contributed by atoms with Crippen LogP contribution >= 0.6 is 12.2 Å². The van der Waals surface area contributed by atoms with Gasteiger partial charge in [-0.25, -0.2) is 0 Å². The molecule has 1 unspecified atom stereocenters. The highest BCUT2D eigenvalue weighted by atomic mass is 32.1. The number of carbonyl (C=O) groups excluding carboxylic acids is 1. The van der Waals surface area contributed by atoms with Gasteiger partial charge in [0.15, 0.2) is 22.4 Å². The number of ether oxygens (including phenoxy) is 2. The zero-order valence-electron chi connectivity index (χ0n) is 17.3. The Kier molecular flexibility index (Phi) is 6.04. The number of hydrogen-bond donors (Lipinski definition) is 1. The maximum Gasteiger partial charge on any atom is 0.173 e. The minimum absolute atomic E-state index is 0.173. The van der Waals surface area contributed by atoms with Crippen LogP contribution in [-0.2, 0) is 11.4 Å². The lowest BCUT2D eigenvalue weighted by Crippen LogP contribution is -2.49. The number of rotatable bonds is 6. The SMILES string of the molecule is CCN1C(=S)NC(c2cccc(OC)c2OCc2ccccc2)C2=C1CCCC2=O. The van der Waals surface area contributed by atoms with Crippen molar-refractivity contribution >= 4 is 23.1 Å². The lowest BCUT2D eigenvalue weighted by molar-refractivity contribution is -0.116. The maximum absolute atomic E-state index is 13.0. The predicted octanol–water partition coefficient (Wildman–Crippen LogP) is 4.53. The molecule has 1 aliphatic heterocycles. The van der Waals surface area contributed by atoms with Crippen molar-refractivity contribution in [1.82, 2.24) is 10.2 Å². The minimum Gasteiger partial charge on any atom is -0.493 e. The van der Waals surface area contributed by atoms with Crippen LogP contribution in [0.15, 0.2) is 59.8 Å². The number of ketones is 1. The van der Waals surface area contributed by atoms with Crippen molar-refractivity contribution in [2.24, 2.45) is 0 Å². The van der Waals surface area contributed by atoms with Crippen molar-refractivity contribution in [2.45, 2.75) is 38.8 Å². The van der Waals surface area contributed by atoms with Gasteiger partial charge in [-0.15, -0.1) is 0 Å². The molecule has 1 heterocycles. The van der Waals surface area contributed by atoms with E-state index in [4.69, 9.17) is 21.7 Å². The summed E-state index contributed by atoms with van der Waals surface area (Å²) in [5.74, 6) is 1.45. The average Bonchev–Trinajstić information content (AvgIpc) is 2.77. The lowest BCUT2D eigenvalue weighted by Gasteiger charge is -2.40. The fraction of sp³-hybridized carbons (Fsp3) is 0.333. The van der Waals surface area contributed by atoms with Gasteiger partial charge in [-0.2, -0.15) is 0 Å². The van der Waals surface area contributed by atoms with Crippen LogP contribution in [0.5, 0.6) is 11.5 Å². The van der Waals surface area contributed by atoms with Crippen molar-refractivity contribution < 1.29 is 14.3 Å². The van der Waals surface area contributed by atoms with Crippen LogP contribution in [0.4, 0.5) is 0 Å². The van der Waals surface area contributed by atoms with E-state index in [-0.39, 0.29) is 11.8 Å². The van der Waals surface area contributed by atoms with E-state index in [9.17, 15) is 4.79 Å². The van der Waals surface area contributed by atoms with Crippen molar-refractivity contribution in [3.8, 4) is 11.5 Å². The molecular formula is C24H26N2O3S. The number of thiocarbonyl (C=S) groups is 1. The maximum atomic E-state index is 13.0. The third-order valence-electron chi connectivity index (χ3n) is 5.64. The Labute approximate surface area is 182 Å². The second-order valence-corrected chi connectivity index (χ2v) is 7.80. The molecule has 156 valence electrons. The first kappa shape index (κ1) is 20.4. The van der Waals surface area contributed by atoms with Crippen LogP contribution in [-0.4, -0.2) is 29.5 Å². The molecule has 4 rings (SSSR count). The second-order valence-electron chi connectivity index (χ2n) is 7.42. The number of carbonyl (C=O) groups is 1. The number of benzene rings is 2. The van der Waals surface area contributed by atoms with Gasteiger partial charge < -0.3 is 19.7 Å². The highest BCUT2D eigenvalue weighted by Gasteiger charge is 2.38. The molecule has 0 spiro atoms. The molecule has 5 nitrogen and oxygen atoms in total. The first-order valence-corrected chi connectivity index (χ1v) is 10.7. The van der Waals surface area contributed by atoms with Gasteiger partial charge in [0.05, 0.1) is 13.2 Å². The number of hydrogen-bond acceptors (Lipinski definition) is 4. The minimum atomic E-state index is -0.344. The Morgan fingerprint density at radius 1 is 1.13 bits per heavy atom. The molecule has 0 radical (unpaired) electrons. The molecule has 2 aliphatic rings. The van der Waals surface area contributed by atoms with E-state index < -0.39 is 0 Å². The molecule has 2 aromatic rings. The normalized spacial score (nSPS) is 18.7. The quantitative estimate of drug-likeness (QED) is 0.690. The summed E-state index contributed by atoms with van der Waals surface area (Å²) in [5, 5.41) is 4.04. The molecular weight excluding hydrogens is 396 g/mol. The Bertz CT molecular complexity index is 987. The summed E-state index contributed by atoms with van der Waals surface area (Å²) in [6.45, 7) is 3.20. The van der Waals surface area contributed by atoms with Crippen molar-refractivity contribution in [3.63, 3.8) is 0 Å². The van der Waals surface area contributed by atoms with Gasteiger partial charge in [0.25, 0.3) is 0 Å². The first-order chi connectivity index (χ1) is 14.6. The molecule has 0 saturated carbocycles. The van der Waals surface area contributed by atoms with Crippen molar-refractivity contribution in [1.29, 1.82) is 0 Å². The summed E-state index contributed by atoms with van der Waals surface area (Å²) in [5.41, 5.74) is 3.77. The van der Waals surface area contributed by atoms with E-state index in [1.165, 1.54) is 0 Å². The molecule has 1 N–H and O–H groups in total. The number of allylic oxidation sites excluding steroid dienone is 1. The number of para-hydroxylation sites is 1. The molecule has 30 heavy (non-hydrogen) atoms. The zero-order valence-corrected chi connectivity index (χ0v) is 18.1. The lowest BCUT2D eigenvalue weighted by atomic mass is 9.84. The van der Waals surface area contributed by atoms with E-state index in [2.05, 4.69) is 12.2 Å². The third-order valence-corrected chi connectivity index (χ3v) is 5.98. The van der Waals surface area contributed by atoms with Crippen molar-refractivity contribution in [2.75, 3.05) is 13.7 Å². The Morgan fingerprint density at radius 2 is 1.93 bits per heavy atom. The molecule has 0 aromatic heterocycles. The van der Waals surface area contributed by atoms with Gasteiger partial charge >= 0.3 is 0 Å². The summed E-state index contributed by atoms with van der Waals surface area (Å²) >= 11 is 5.65. The standard InChI is InChI=1S/C24H26N2O3S/c1-3-26-18-12-8-13-19(27)21(18)22(25-24(26)30)17-11-7-14-20(28-2)23(17)29-15-16-9-5-4-6-10-16/h4-7,9-11,14,22H,3,8,12-13,15H2,1-2H3,(H,25,30). The van der Waals surface area contributed by atoms with E-state index in [1.54, 1.807) is 7.11 Å². The smallest absolute Gasteiger partial charge is 0.173 e. The molecule has 0 fully saturated rings. The highest BCUT2D eigenvalue weighted by molar-refractivity contribution is 7.80. The van der Waals surface area contributed by atoms with Gasteiger partial charge in [0.1, 0.15) is 6.61 Å². The second kappa shape index (κ2) is 8.88. The fourth-order valence-corrected chi connectivity index (χ4v) is 4.58. The van der Waals surface area contributed by atoms with Gasteiger partial charge in [0, 0.05) is 29.8 Å². The largest absolute Gasteiger partial charge is 0.493 e. The number of nitrogens with zero attached hydrogens (tertiary/aromatic N) is 1. The zero-order chi connectivity index (χ0) is 21.1. The van der Waals surface area contributed by atoms with E-state index in [0.717, 1.165) is 41.8 Å². The molecule has 2 aromatic carbocycles. The predicted molar refractivity (Wildman–Crippen MR) is 121 cm³/mol. The van der Waals surface area contributed by atoms with Gasteiger partial charge in [0.2, 0.25) is 0 Å². The summed E-state index contributed by atoms with van der Waals surface area (Å²) < 4.78 is 11.8. The van der Waals surface area contributed by atoms with Crippen molar-refractivity contribution in [3.05, 3.63) is 70.9 Å². The number of methoxy groups -OCH3 is 1. The number of nitrogens with one attached hydrogen (secondary N) is 1. The Morgan fingerprint density at radius 3 is 2.67 bits per heavy atom. The summed E-state index contributed by atoms with van der Waals surface area (Å²) in [7, 11) is 1.63. The van der Waals surface area contributed by atoms with Crippen LogP contribution in [0, 0.1) is 0 Å². The monoisotopic (exact) mass is 422 g/mol. The van der Waals surface area contributed by atoms with E-state index in [1.807, 2.05) is 53.4 Å².